The molecule has 0 amide bonds. The Kier molecular flexibility index (Phi) is 20.0. The first-order valence-electron chi connectivity index (χ1n) is 30.9. The molecule has 31 atom stereocenters. The van der Waals surface area contributed by atoms with Gasteiger partial charge in [-0.25, -0.2) is 9.59 Å². The first kappa shape index (κ1) is 69.4. The summed E-state index contributed by atoms with van der Waals surface area (Å²) in [5, 5.41) is 156. The van der Waals surface area contributed by atoms with Crippen molar-refractivity contribution in [1.29, 1.82) is 0 Å². The fourth-order valence-electron chi connectivity index (χ4n) is 17.6. The Morgan fingerprint density at radius 3 is 1.76 bits per heavy atom. The van der Waals surface area contributed by atoms with E-state index in [1.165, 1.54) is 13.8 Å². The molecule has 4 aliphatic heterocycles. The normalized spacial score (nSPS) is 50.9. The fourth-order valence-corrected chi connectivity index (χ4v) is 17.6. The number of rotatable bonds is 15. The molecule has 4 heterocycles. The van der Waals surface area contributed by atoms with E-state index in [9.17, 15) is 85.9 Å². The van der Waals surface area contributed by atoms with Crippen LogP contribution >= 0.6 is 0 Å². The van der Waals surface area contributed by atoms with Crippen molar-refractivity contribution in [2.45, 2.75) is 268 Å². The second kappa shape index (κ2) is 25.4. The van der Waals surface area contributed by atoms with Crippen molar-refractivity contribution < 1.29 is 133 Å². The van der Waals surface area contributed by atoms with Crippen LogP contribution in [-0.2, 0) is 61.8 Å². The number of carboxylic acid groups (broad SMARTS) is 1. The van der Waals surface area contributed by atoms with Gasteiger partial charge in [0.15, 0.2) is 31.3 Å². The lowest BCUT2D eigenvalue weighted by Crippen LogP contribution is -2.72. The molecule has 9 aliphatic rings. The van der Waals surface area contributed by atoms with Crippen LogP contribution < -0.4 is 0 Å². The molecule has 9 rings (SSSR count). The van der Waals surface area contributed by atoms with Crippen LogP contribution in [0.2, 0.25) is 0 Å². The van der Waals surface area contributed by atoms with Crippen LogP contribution in [0.1, 0.15) is 121 Å². The Morgan fingerprint density at radius 1 is 0.614 bits per heavy atom. The number of aliphatic hydroxyl groups excluding tert-OH is 13. The van der Waals surface area contributed by atoms with E-state index in [4.69, 9.17) is 47.4 Å². The molecule has 4 saturated carbocycles. The molecule has 14 N–H and O–H groups in total. The Labute approximate surface area is 511 Å². The number of aliphatic carboxylic acids is 1. The highest BCUT2D eigenvalue weighted by Crippen LogP contribution is 2.76. The first-order chi connectivity index (χ1) is 41.1. The summed E-state index contributed by atoms with van der Waals surface area (Å²) in [7, 11) is 0. The summed E-state index contributed by atoms with van der Waals surface area (Å²) < 4.78 is 61.1. The Hall–Kier alpha value is -2.95. The number of ether oxygens (including phenoxy) is 10. The average Bonchev–Trinajstić information content (AvgIpc) is 0.673. The Bertz CT molecular complexity index is 2580. The number of esters is 2. The van der Waals surface area contributed by atoms with Crippen LogP contribution in [0, 0.1) is 50.2 Å². The van der Waals surface area contributed by atoms with E-state index in [1.807, 2.05) is 27.7 Å². The second-order valence-electron chi connectivity index (χ2n) is 28.5. The highest BCUT2D eigenvalue weighted by molar-refractivity contribution is 5.87. The van der Waals surface area contributed by atoms with Crippen molar-refractivity contribution in [3.8, 4) is 0 Å². The zero-order chi connectivity index (χ0) is 65.0. The minimum Gasteiger partial charge on any atom is -0.479 e. The molecule has 0 aromatic rings. The van der Waals surface area contributed by atoms with Crippen molar-refractivity contribution in [2.75, 3.05) is 19.8 Å². The first-order valence-corrected chi connectivity index (χ1v) is 30.9. The van der Waals surface area contributed by atoms with Crippen molar-refractivity contribution in [1.82, 2.24) is 0 Å². The van der Waals surface area contributed by atoms with Gasteiger partial charge in [-0.15, -0.1) is 0 Å². The third-order valence-electron chi connectivity index (χ3n) is 23.0. The van der Waals surface area contributed by atoms with Crippen LogP contribution in [0.5, 0.6) is 0 Å². The fraction of sp³-hybridized carbons (Fsp3) is 0.885. The second-order valence-corrected chi connectivity index (χ2v) is 28.5. The molecule has 88 heavy (non-hydrogen) atoms. The maximum absolute atomic E-state index is 13.5. The van der Waals surface area contributed by atoms with Crippen molar-refractivity contribution in [2.24, 2.45) is 50.2 Å². The summed E-state index contributed by atoms with van der Waals surface area (Å²) in [5.74, 6) is -3.65. The van der Waals surface area contributed by atoms with Crippen molar-refractivity contribution >= 4 is 17.9 Å². The summed E-state index contributed by atoms with van der Waals surface area (Å²) in [5.41, 5.74) is -3.29. The molecule has 0 aromatic carbocycles. The molecule has 27 nitrogen and oxygen atoms in total. The van der Waals surface area contributed by atoms with E-state index >= 15 is 0 Å². The molecule has 27 heteroatoms. The number of aliphatic hydroxyl groups is 13. The van der Waals surface area contributed by atoms with E-state index < -0.39 is 223 Å². The predicted molar refractivity (Wildman–Crippen MR) is 299 cm³/mol. The highest BCUT2D eigenvalue weighted by atomic mass is 16.8. The van der Waals surface area contributed by atoms with Gasteiger partial charge < -0.3 is 119 Å². The van der Waals surface area contributed by atoms with Crippen molar-refractivity contribution in [3.63, 3.8) is 0 Å². The maximum atomic E-state index is 13.5. The van der Waals surface area contributed by atoms with Gasteiger partial charge in [0.05, 0.1) is 43.5 Å². The number of carboxylic acids is 1. The van der Waals surface area contributed by atoms with E-state index in [-0.39, 0.29) is 18.3 Å². The lowest BCUT2D eigenvalue weighted by atomic mass is 9.33. The average molecular weight is 1260 g/mol. The van der Waals surface area contributed by atoms with Crippen molar-refractivity contribution in [3.05, 3.63) is 23.3 Å². The molecule has 0 radical (unpaired) electrons. The van der Waals surface area contributed by atoms with Crippen LogP contribution in [0.25, 0.3) is 0 Å². The molecule has 31 unspecified atom stereocenters. The topological polar surface area (TPSA) is 427 Å². The van der Waals surface area contributed by atoms with Crippen LogP contribution in [-0.4, -0.2) is 256 Å². The predicted octanol–water partition coefficient (Wildman–Crippen LogP) is -1.44. The number of hydrogen-bond donors (Lipinski definition) is 14. The van der Waals surface area contributed by atoms with Gasteiger partial charge >= 0.3 is 17.9 Å². The highest BCUT2D eigenvalue weighted by Gasteiger charge is 2.74. The van der Waals surface area contributed by atoms with Crippen LogP contribution in [0.3, 0.4) is 0 Å². The van der Waals surface area contributed by atoms with Gasteiger partial charge in [-0.3, -0.25) is 4.79 Å². The molecule has 502 valence electrons. The van der Waals surface area contributed by atoms with E-state index in [2.05, 4.69) is 26.8 Å². The standard InChI is InChI=1S/C61H96O27/c1-12-24(2)51(78)88-48-49(80-26(4)65)61(23-64)28(19-56(48,5)6)27-13-14-32-58(9)17-16-34(57(7,8)31(58)15-18-59(32,10)60(27,11)20-33(61)66)83-55-46(43(75)44(47(87-55)50(76)77)84-53-42(74)39(71)36(68)29(21-62)81-53)86-54-45(40(72)37(69)30(22-63)82-54)85-52-41(73)38(70)35(67)25(3)79-52/h12-13,25,28-49,52-55,62-64,66-75H,14-23H2,1-11H3,(H,76,77). The van der Waals surface area contributed by atoms with Gasteiger partial charge in [0, 0.05) is 17.9 Å². The molecule has 0 bridgehead atoms. The number of carbonyl (C=O) groups is 3. The van der Waals surface area contributed by atoms with Crippen LogP contribution in [0.4, 0.5) is 0 Å². The van der Waals surface area contributed by atoms with Crippen LogP contribution in [0.15, 0.2) is 23.3 Å². The minimum atomic E-state index is -2.23. The molecule has 0 spiro atoms. The largest absolute Gasteiger partial charge is 0.479 e. The Balaban J connectivity index is 1.04. The lowest BCUT2D eigenvalue weighted by molar-refractivity contribution is -0.404. The van der Waals surface area contributed by atoms with Gasteiger partial charge in [-0.1, -0.05) is 66.2 Å². The van der Waals surface area contributed by atoms with Gasteiger partial charge in [-0.05, 0) is 105 Å². The van der Waals surface area contributed by atoms with Gasteiger partial charge in [0.25, 0.3) is 0 Å². The SMILES string of the molecule is CC=C(C)C(=O)OC1C(OC(C)=O)C2(CO)C(O)CC3(C)C(=CCC4C5(C)CCC(OC6OC(C(=O)O)C(OC7OC(CO)C(O)C(O)C7O)C(O)C6OC6OC(CO)C(O)C(O)C6OC6OC(C)C(O)C(O)C6O)C(C)(C)C5CCC43C)C2CC1(C)C. The summed E-state index contributed by atoms with van der Waals surface area (Å²) in [6.07, 6.45) is -34.9. The third-order valence-corrected chi connectivity index (χ3v) is 23.0. The third kappa shape index (κ3) is 11.3. The molecule has 0 aromatic heterocycles. The van der Waals surface area contributed by atoms with Gasteiger partial charge in [-0.2, -0.15) is 0 Å². The number of fused-ring (bicyclic) bond motifs is 7. The summed E-state index contributed by atoms with van der Waals surface area (Å²) in [6, 6.07) is 0. The summed E-state index contributed by atoms with van der Waals surface area (Å²) >= 11 is 0. The quantitative estimate of drug-likeness (QED) is 0.0386. The zero-order valence-corrected chi connectivity index (χ0v) is 51.9. The van der Waals surface area contributed by atoms with E-state index in [0.29, 0.717) is 44.1 Å². The molecule has 5 aliphatic carbocycles. The Morgan fingerprint density at radius 2 is 1.17 bits per heavy atom. The van der Waals surface area contributed by atoms with E-state index in [0.717, 1.165) is 5.57 Å². The summed E-state index contributed by atoms with van der Waals surface area (Å²) in [6.45, 7) is 18.2. The molecular formula is C61H96O27. The number of hydrogen-bond acceptors (Lipinski definition) is 26. The van der Waals surface area contributed by atoms with Gasteiger partial charge in [0.2, 0.25) is 0 Å². The zero-order valence-electron chi connectivity index (χ0n) is 51.9. The molecule has 4 saturated heterocycles. The smallest absolute Gasteiger partial charge is 0.335 e. The summed E-state index contributed by atoms with van der Waals surface area (Å²) in [4.78, 5) is 39.9. The van der Waals surface area contributed by atoms with E-state index in [1.54, 1.807) is 19.9 Å². The molecule has 8 fully saturated rings. The number of allylic oxidation sites excluding steroid dienone is 3. The monoisotopic (exact) mass is 1260 g/mol. The number of carbonyl (C=O) groups excluding carboxylic acids is 2. The minimum absolute atomic E-state index is 0.0267. The lowest BCUT2D eigenvalue weighted by Gasteiger charge is -2.72. The maximum Gasteiger partial charge on any atom is 0.335 e. The molecular weight excluding hydrogens is 1160 g/mol. The van der Waals surface area contributed by atoms with Gasteiger partial charge in [0.1, 0.15) is 97.7 Å².